The van der Waals surface area contributed by atoms with Crippen molar-refractivity contribution in [3.05, 3.63) is 60.1 Å². The molecule has 12 heteroatoms. The Balaban J connectivity index is 1.44. The molecular formula is C21H22N6O4S2. The second-order valence-corrected chi connectivity index (χ2v) is 9.48. The molecule has 0 aliphatic carbocycles. The van der Waals surface area contributed by atoms with Gasteiger partial charge in [-0.05, 0) is 17.2 Å². The van der Waals surface area contributed by atoms with Crippen LogP contribution in [-0.2, 0) is 27.3 Å². The maximum absolute atomic E-state index is 12.8. The number of aromatic nitrogens is 3. The normalized spacial score (nSPS) is 19.6. The minimum Gasteiger partial charge on any atom is -0.477 e. The molecule has 1 aromatic carbocycles. The fourth-order valence-electron chi connectivity index (χ4n) is 3.66. The fraction of sp³-hybridized carbons (Fsp3) is 0.286. The van der Waals surface area contributed by atoms with Gasteiger partial charge in [0.25, 0.3) is 5.91 Å². The number of nitrogens with two attached hydrogens (primary N) is 1. The summed E-state index contributed by atoms with van der Waals surface area (Å²) in [6.45, 7) is 4.23. The number of nitrogen functional groups attached to an aromatic ring is 1. The summed E-state index contributed by atoms with van der Waals surface area (Å²) in [5.74, 6) is -1.16. The van der Waals surface area contributed by atoms with Gasteiger partial charge in [0.05, 0.1) is 6.42 Å². The number of aliphatic carboxylic acids is 1. The Hall–Kier alpha value is -3.25. The number of hydrogen-bond acceptors (Lipinski definition) is 8. The highest BCUT2D eigenvalue weighted by molar-refractivity contribution is 8.01. The lowest BCUT2D eigenvalue weighted by Crippen LogP contribution is -2.70. The van der Waals surface area contributed by atoms with Crippen LogP contribution in [0.5, 0.6) is 0 Å². The van der Waals surface area contributed by atoms with E-state index in [4.69, 9.17) is 5.73 Å². The van der Waals surface area contributed by atoms with E-state index in [1.54, 1.807) is 41.2 Å². The molecular weight excluding hydrogens is 464 g/mol. The molecule has 2 aliphatic rings. The number of carbonyl (C=O) groups is 3. The molecule has 2 aliphatic heterocycles. The number of carboxylic acid groups (broad SMARTS) is 1. The lowest BCUT2D eigenvalue weighted by Gasteiger charge is -2.49. The van der Waals surface area contributed by atoms with Crippen molar-refractivity contribution >= 4 is 47.0 Å². The number of nitrogens with one attached hydrogen (secondary N) is 1. The minimum atomic E-state index is -1.17. The highest BCUT2D eigenvalue weighted by Crippen LogP contribution is 2.41. The maximum atomic E-state index is 12.8. The van der Waals surface area contributed by atoms with E-state index >= 15 is 0 Å². The summed E-state index contributed by atoms with van der Waals surface area (Å²) in [5, 5.41) is 20.7. The van der Waals surface area contributed by atoms with Gasteiger partial charge in [-0.3, -0.25) is 14.5 Å². The maximum Gasteiger partial charge on any atom is 0.352 e. The van der Waals surface area contributed by atoms with Gasteiger partial charge in [-0.25, -0.2) is 4.79 Å². The standard InChI is InChI=1S/C21H22N6O4S2/c1-2-7-26-11-23-25-21(26)33-10-13-9-32-19-16(18(29)27(19)17(13)20(30)31)24-15(28)8-12-5-3-4-6-14(12)22/h2-6,11,16,19H,1,7-10,22H2,(H,24,28)(H,30,31)/t16?,19-/m0/s1. The second-order valence-electron chi connectivity index (χ2n) is 7.43. The number of thioether (sulfide) groups is 2. The van der Waals surface area contributed by atoms with Gasteiger partial charge < -0.3 is 20.7 Å². The summed E-state index contributed by atoms with van der Waals surface area (Å²) in [7, 11) is 0. The molecule has 1 aromatic heterocycles. The zero-order chi connectivity index (χ0) is 23.5. The predicted octanol–water partition coefficient (Wildman–Crippen LogP) is 1.12. The number of carboxylic acids is 1. The van der Waals surface area contributed by atoms with E-state index in [2.05, 4.69) is 22.1 Å². The van der Waals surface area contributed by atoms with Crippen LogP contribution < -0.4 is 11.1 Å². The molecule has 0 spiro atoms. The van der Waals surface area contributed by atoms with Gasteiger partial charge in [0, 0.05) is 23.7 Å². The molecule has 1 saturated heterocycles. The van der Waals surface area contributed by atoms with Crippen LogP contribution in [0, 0.1) is 0 Å². The molecule has 3 heterocycles. The highest BCUT2D eigenvalue weighted by atomic mass is 32.2. The number of allylic oxidation sites excluding steroid dienone is 1. The Bertz CT molecular complexity index is 1150. The number of β-lactam (4-membered cyclic amide) rings is 1. The highest BCUT2D eigenvalue weighted by Gasteiger charge is 2.54. The van der Waals surface area contributed by atoms with Crippen LogP contribution in [0.1, 0.15) is 5.56 Å². The number of hydrogen-bond donors (Lipinski definition) is 3. The third-order valence-corrected chi connectivity index (χ3v) is 7.66. The van der Waals surface area contributed by atoms with Crippen LogP contribution in [0.3, 0.4) is 0 Å². The zero-order valence-corrected chi connectivity index (χ0v) is 19.1. The number of fused-ring (bicyclic) bond motifs is 1. The molecule has 33 heavy (non-hydrogen) atoms. The molecule has 0 radical (unpaired) electrons. The number of nitrogens with zero attached hydrogens (tertiary/aromatic N) is 4. The molecule has 2 amide bonds. The first kappa shape index (κ1) is 22.9. The summed E-state index contributed by atoms with van der Waals surface area (Å²) in [5.41, 5.74) is 7.66. The molecule has 2 atom stereocenters. The zero-order valence-electron chi connectivity index (χ0n) is 17.5. The van der Waals surface area contributed by atoms with Crippen LogP contribution in [-0.4, -0.2) is 65.5 Å². The van der Waals surface area contributed by atoms with Crippen molar-refractivity contribution in [2.75, 3.05) is 17.2 Å². The number of anilines is 1. The quantitative estimate of drug-likeness (QED) is 0.206. The topological polar surface area (TPSA) is 143 Å². The van der Waals surface area contributed by atoms with Gasteiger partial charge in [0.2, 0.25) is 5.91 Å². The van der Waals surface area contributed by atoms with E-state index < -0.39 is 23.3 Å². The Kier molecular flexibility index (Phi) is 6.75. The summed E-state index contributed by atoms with van der Waals surface area (Å²) < 4.78 is 1.80. The van der Waals surface area contributed by atoms with Gasteiger partial charge >= 0.3 is 5.97 Å². The molecule has 2 aromatic rings. The smallest absolute Gasteiger partial charge is 0.352 e. The van der Waals surface area contributed by atoms with Gasteiger partial charge in [0.15, 0.2) is 5.16 Å². The van der Waals surface area contributed by atoms with E-state index in [0.29, 0.717) is 40.0 Å². The third-order valence-electron chi connectivity index (χ3n) is 5.25. The first-order valence-corrected chi connectivity index (χ1v) is 12.1. The monoisotopic (exact) mass is 486 g/mol. The van der Waals surface area contributed by atoms with E-state index in [1.165, 1.54) is 28.4 Å². The number of amides is 2. The Morgan fingerprint density at radius 2 is 2.18 bits per heavy atom. The summed E-state index contributed by atoms with van der Waals surface area (Å²) in [4.78, 5) is 38.6. The van der Waals surface area contributed by atoms with Crippen molar-refractivity contribution in [1.29, 1.82) is 0 Å². The van der Waals surface area contributed by atoms with Gasteiger partial charge in [-0.2, -0.15) is 0 Å². The van der Waals surface area contributed by atoms with Crippen molar-refractivity contribution in [1.82, 2.24) is 25.0 Å². The van der Waals surface area contributed by atoms with Crippen molar-refractivity contribution in [2.24, 2.45) is 0 Å². The first-order valence-electron chi connectivity index (χ1n) is 10.0. The number of rotatable bonds is 9. The molecule has 4 rings (SSSR count). The number of carbonyl (C=O) groups excluding carboxylic acids is 2. The minimum absolute atomic E-state index is 0.0242. The predicted molar refractivity (Wildman–Crippen MR) is 125 cm³/mol. The van der Waals surface area contributed by atoms with Crippen LogP contribution in [0.15, 0.2) is 59.7 Å². The van der Waals surface area contributed by atoms with Crippen molar-refractivity contribution in [3.63, 3.8) is 0 Å². The average Bonchev–Trinajstić information content (AvgIpc) is 3.24. The van der Waals surface area contributed by atoms with Crippen molar-refractivity contribution in [2.45, 2.75) is 29.5 Å². The molecule has 10 nitrogen and oxygen atoms in total. The Morgan fingerprint density at radius 1 is 1.39 bits per heavy atom. The van der Waals surface area contributed by atoms with Crippen molar-refractivity contribution < 1.29 is 19.5 Å². The largest absolute Gasteiger partial charge is 0.477 e. The number of para-hydroxylation sites is 1. The van der Waals surface area contributed by atoms with Crippen LogP contribution in [0.2, 0.25) is 0 Å². The molecule has 4 N–H and O–H groups in total. The molecule has 172 valence electrons. The van der Waals surface area contributed by atoms with Crippen LogP contribution >= 0.6 is 23.5 Å². The molecule has 1 fully saturated rings. The number of benzene rings is 1. The Morgan fingerprint density at radius 3 is 2.91 bits per heavy atom. The third kappa shape index (κ3) is 4.62. The van der Waals surface area contributed by atoms with E-state index in [0.717, 1.165) is 0 Å². The lowest BCUT2D eigenvalue weighted by molar-refractivity contribution is -0.150. The lowest BCUT2D eigenvalue weighted by atomic mass is 10.0. The fourth-order valence-corrected chi connectivity index (χ4v) is 6.07. The van der Waals surface area contributed by atoms with E-state index in [-0.39, 0.29) is 18.0 Å². The van der Waals surface area contributed by atoms with Gasteiger partial charge in [-0.1, -0.05) is 36.0 Å². The van der Waals surface area contributed by atoms with E-state index in [9.17, 15) is 19.5 Å². The van der Waals surface area contributed by atoms with Crippen molar-refractivity contribution in [3.8, 4) is 0 Å². The molecule has 0 saturated carbocycles. The SMILES string of the molecule is C=CCn1cnnc1SCC1=C(C(=O)O)N2C(=O)C(NC(=O)Cc3ccccc3N)[C@@H]2SC1. The van der Waals surface area contributed by atoms with Gasteiger partial charge in [0.1, 0.15) is 23.4 Å². The molecule has 1 unspecified atom stereocenters. The van der Waals surface area contributed by atoms with Crippen LogP contribution in [0.4, 0.5) is 5.69 Å². The summed E-state index contributed by atoms with van der Waals surface area (Å²) in [6.07, 6.45) is 3.34. The van der Waals surface area contributed by atoms with Gasteiger partial charge in [-0.15, -0.1) is 28.5 Å². The second kappa shape index (κ2) is 9.71. The van der Waals surface area contributed by atoms with Crippen LogP contribution in [0.25, 0.3) is 0 Å². The summed E-state index contributed by atoms with van der Waals surface area (Å²) >= 11 is 2.78. The molecule has 0 bridgehead atoms. The Labute approximate surface area is 198 Å². The van der Waals surface area contributed by atoms with E-state index in [1.807, 2.05) is 0 Å². The average molecular weight is 487 g/mol. The first-order chi connectivity index (χ1) is 15.9. The summed E-state index contributed by atoms with van der Waals surface area (Å²) in [6, 6.07) is 6.26.